The Morgan fingerprint density at radius 2 is 1.30 bits per heavy atom. The number of nitrogens with two attached hydrogens (primary N) is 1. The van der Waals surface area contributed by atoms with Crippen molar-refractivity contribution in [2.24, 2.45) is 5.73 Å². The number of amides is 4. The number of urea groups is 1. The Bertz CT molecular complexity index is 1850. The van der Waals surface area contributed by atoms with Crippen molar-refractivity contribution in [2.45, 2.75) is 129 Å². The molecule has 0 aromatic heterocycles. The van der Waals surface area contributed by atoms with E-state index in [0.717, 1.165) is 25.5 Å². The van der Waals surface area contributed by atoms with Crippen molar-refractivity contribution in [3.05, 3.63) is 81.4 Å². The summed E-state index contributed by atoms with van der Waals surface area (Å²) >= 11 is 2.21. The third-order valence-corrected chi connectivity index (χ3v) is 9.38. The number of hydrogen-bond acceptors (Lipinski definition) is 9. The molecule has 0 saturated heterocycles. The number of ether oxygens (including phenoxy) is 2. The number of carbonyl (C=O) groups is 6. The number of ketones is 1. The van der Waals surface area contributed by atoms with Gasteiger partial charge in [0.05, 0.1) is 12.1 Å². The maximum atomic E-state index is 13.6. The largest absolute Gasteiger partial charge is 0.460 e. The Balaban J connectivity index is 1.59. The van der Waals surface area contributed by atoms with Gasteiger partial charge in [-0.15, -0.1) is 0 Å². The second kappa shape index (κ2) is 21.8. The summed E-state index contributed by atoms with van der Waals surface area (Å²) < 4.78 is 11.9. The molecule has 6 N–H and O–H groups in total. The summed E-state index contributed by atoms with van der Waals surface area (Å²) in [6.07, 6.45) is 1.53. The number of halogens is 1. The highest BCUT2D eigenvalue weighted by Crippen LogP contribution is 2.18. The van der Waals surface area contributed by atoms with Gasteiger partial charge < -0.3 is 36.5 Å². The van der Waals surface area contributed by atoms with E-state index in [1.807, 2.05) is 66.7 Å². The van der Waals surface area contributed by atoms with E-state index in [0.29, 0.717) is 19.3 Å². The van der Waals surface area contributed by atoms with Crippen molar-refractivity contribution in [1.29, 1.82) is 0 Å². The highest BCUT2D eigenvalue weighted by molar-refractivity contribution is 14.1. The minimum Gasteiger partial charge on any atom is -0.460 e. The number of fused-ring (bicyclic) bond motifs is 1. The molecule has 0 fully saturated rings. The lowest BCUT2D eigenvalue weighted by atomic mass is 10.00. The predicted octanol–water partition coefficient (Wildman–Crippen LogP) is 5.42. The van der Waals surface area contributed by atoms with Crippen LogP contribution in [0.5, 0.6) is 0 Å². The maximum Gasteiger partial charge on any atom is 0.329 e. The van der Waals surface area contributed by atoms with Gasteiger partial charge >= 0.3 is 18.0 Å². The normalized spacial score (nSPS) is 13.7. The number of rotatable bonds is 19. The topological polar surface area (TPSA) is 195 Å². The van der Waals surface area contributed by atoms with E-state index in [9.17, 15) is 28.8 Å². The second-order valence-electron chi connectivity index (χ2n) is 16.2. The van der Waals surface area contributed by atoms with E-state index in [4.69, 9.17) is 15.2 Å². The Morgan fingerprint density at radius 1 is 0.684 bits per heavy atom. The van der Waals surface area contributed by atoms with Gasteiger partial charge in [0.15, 0.2) is 5.78 Å². The van der Waals surface area contributed by atoms with Crippen molar-refractivity contribution in [2.75, 3.05) is 6.54 Å². The van der Waals surface area contributed by atoms with Crippen molar-refractivity contribution >= 4 is 68.9 Å². The molecule has 310 valence electrons. The second-order valence-corrected chi connectivity index (χ2v) is 17.4. The van der Waals surface area contributed by atoms with Gasteiger partial charge in [-0.1, -0.05) is 54.6 Å². The zero-order chi connectivity index (χ0) is 42.3. The number of carbonyl (C=O) groups excluding carboxylic acids is 6. The molecule has 57 heavy (non-hydrogen) atoms. The zero-order valence-corrected chi connectivity index (χ0v) is 36.2. The summed E-state index contributed by atoms with van der Waals surface area (Å²) in [6.45, 7) is 11.9. The molecule has 0 aliphatic carbocycles. The molecule has 0 bridgehead atoms. The smallest absolute Gasteiger partial charge is 0.329 e. The summed E-state index contributed by atoms with van der Waals surface area (Å²) in [6, 6.07) is 16.9. The molecule has 0 saturated carbocycles. The van der Waals surface area contributed by atoms with E-state index in [1.165, 1.54) is 6.92 Å². The standard InChI is InChI=1S/C43H58IN5O8/c1-27(50)34(48-41(55)49-35(40(54)57-43(5,6)7)21-22-37(51)56-42(2,3)4)14-10-11-23-46-39(53)36(26-29-15-18-30-12-8-9-13-31(30)24-29)47-38(52)33(45)25-28-16-19-32(44)20-17-28/h8-9,12-13,15-20,24,33-36H,10-11,14,21-23,25-26,45H2,1-7H3,(H,46,53)(H,47,52)(H2,48,49,55)/t33-,34-,35-,36-/m0/s1. The fourth-order valence-corrected chi connectivity index (χ4v) is 6.24. The van der Waals surface area contributed by atoms with Crippen LogP contribution in [0.1, 0.15) is 91.7 Å². The van der Waals surface area contributed by atoms with Gasteiger partial charge in [0.25, 0.3) is 0 Å². The molecule has 3 aromatic carbocycles. The van der Waals surface area contributed by atoms with Gasteiger partial charge in [0.2, 0.25) is 11.8 Å². The van der Waals surface area contributed by atoms with Crippen LogP contribution >= 0.6 is 22.6 Å². The molecule has 0 aliphatic rings. The molecule has 14 heteroatoms. The quantitative estimate of drug-likeness (QED) is 0.0594. The molecule has 0 radical (unpaired) electrons. The first kappa shape index (κ1) is 46.8. The highest BCUT2D eigenvalue weighted by atomic mass is 127. The summed E-state index contributed by atoms with van der Waals surface area (Å²) in [7, 11) is 0. The summed E-state index contributed by atoms with van der Waals surface area (Å²) in [5.41, 5.74) is 6.51. The van der Waals surface area contributed by atoms with Gasteiger partial charge in [-0.25, -0.2) is 9.59 Å². The number of esters is 2. The van der Waals surface area contributed by atoms with E-state index in [1.54, 1.807) is 41.5 Å². The number of hydrogen-bond donors (Lipinski definition) is 5. The lowest BCUT2D eigenvalue weighted by molar-refractivity contribution is -0.158. The molecule has 3 aromatic rings. The van der Waals surface area contributed by atoms with Crippen molar-refractivity contribution in [3.63, 3.8) is 0 Å². The van der Waals surface area contributed by atoms with Crippen LogP contribution in [0.4, 0.5) is 4.79 Å². The zero-order valence-electron chi connectivity index (χ0n) is 34.0. The first-order valence-electron chi connectivity index (χ1n) is 19.3. The molecule has 0 spiro atoms. The van der Waals surface area contributed by atoms with E-state index in [-0.39, 0.29) is 43.9 Å². The summed E-state index contributed by atoms with van der Waals surface area (Å²) in [5.74, 6) is -2.37. The van der Waals surface area contributed by atoms with Crippen LogP contribution in [-0.2, 0) is 46.3 Å². The number of Topliss-reactive ketones (excluding diaryl/α,β-unsaturated/α-hetero) is 1. The predicted molar refractivity (Wildman–Crippen MR) is 228 cm³/mol. The first-order chi connectivity index (χ1) is 26.7. The summed E-state index contributed by atoms with van der Waals surface area (Å²) in [5, 5.41) is 13.0. The Kier molecular flexibility index (Phi) is 17.9. The van der Waals surface area contributed by atoms with Crippen LogP contribution in [0, 0.1) is 3.57 Å². The van der Waals surface area contributed by atoms with Gasteiger partial charge in [0, 0.05) is 23.0 Å². The Morgan fingerprint density at radius 3 is 1.93 bits per heavy atom. The van der Waals surface area contributed by atoms with E-state index < -0.39 is 59.2 Å². The SMILES string of the molecule is CC(=O)[C@H](CCCCNC(=O)[C@H](Cc1ccc2ccccc2c1)NC(=O)[C@@H](N)Cc1ccc(I)cc1)NC(=O)N[C@@H](CCC(=O)OC(C)(C)C)C(=O)OC(C)(C)C. The van der Waals surface area contributed by atoms with Crippen LogP contribution in [0.15, 0.2) is 66.7 Å². The minimum atomic E-state index is -1.17. The fourth-order valence-electron chi connectivity index (χ4n) is 5.88. The van der Waals surface area contributed by atoms with E-state index in [2.05, 4.69) is 43.9 Å². The first-order valence-corrected chi connectivity index (χ1v) is 20.3. The molecule has 13 nitrogen and oxygen atoms in total. The molecule has 0 heterocycles. The average molecular weight is 900 g/mol. The molecule has 4 amide bonds. The van der Waals surface area contributed by atoms with Crippen LogP contribution in [0.3, 0.4) is 0 Å². The highest BCUT2D eigenvalue weighted by Gasteiger charge is 2.30. The third kappa shape index (κ3) is 17.6. The number of unbranched alkanes of at least 4 members (excludes halogenated alkanes) is 1. The average Bonchev–Trinajstić information content (AvgIpc) is 3.11. The molecule has 0 unspecified atom stereocenters. The molecular weight excluding hydrogens is 841 g/mol. The van der Waals surface area contributed by atoms with Crippen molar-refractivity contribution < 1.29 is 38.2 Å². The van der Waals surface area contributed by atoms with Crippen LogP contribution in [-0.4, -0.2) is 77.5 Å². The maximum absolute atomic E-state index is 13.6. The molecule has 4 atom stereocenters. The number of benzene rings is 3. The van der Waals surface area contributed by atoms with Gasteiger partial charge in [-0.3, -0.25) is 19.2 Å². The van der Waals surface area contributed by atoms with Crippen LogP contribution in [0.25, 0.3) is 10.8 Å². The molecular formula is C43H58IN5O8. The van der Waals surface area contributed by atoms with Gasteiger partial charge in [-0.2, -0.15) is 0 Å². The Hall–Kier alpha value is -4.57. The van der Waals surface area contributed by atoms with E-state index >= 15 is 0 Å². The monoisotopic (exact) mass is 899 g/mol. The minimum absolute atomic E-state index is 0.0670. The molecule has 0 aliphatic heterocycles. The van der Waals surface area contributed by atoms with Crippen LogP contribution < -0.4 is 27.0 Å². The van der Waals surface area contributed by atoms with Gasteiger partial charge in [-0.05, 0) is 137 Å². The summed E-state index contributed by atoms with van der Waals surface area (Å²) in [4.78, 5) is 77.7. The number of nitrogens with one attached hydrogen (secondary N) is 4. The molecule has 3 rings (SSSR count). The Labute approximate surface area is 349 Å². The van der Waals surface area contributed by atoms with Crippen molar-refractivity contribution in [1.82, 2.24) is 21.3 Å². The van der Waals surface area contributed by atoms with Crippen LogP contribution in [0.2, 0.25) is 0 Å². The van der Waals surface area contributed by atoms with Gasteiger partial charge in [0.1, 0.15) is 23.3 Å². The lowest BCUT2D eigenvalue weighted by Crippen LogP contribution is -2.53. The third-order valence-electron chi connectivity index (χ3n) is 8.66. The van der Waals surface area contributed by atoms with Crippen molar-refractivity contribution in [3.8, 4) is 0 Å². The fraction of sp³-hybridized carbons (Fsp3) is 0.488. The lowest BCUT2D eigenvalue weighted by Gasteiger charge is -2.26.